The number of nitrogens with zero attached hydrogens (tertiary/aromatic N) is 1. The molecule has 1 rings (SSSR count). The summed E-state index contributed by atoms with van der Waals surface area (Å²) >= 11 is 9.13. The lowest BCUT2D eigenvalue weighted by Gasteiger charge is -2.07. The summed E-state index contributed by atoms with van der Waals surface area (Å²) in [6, 6.07) is 0.867. The maximum Gasteiger partial charge on any atom is 0.419 e. The van der Waals surface area contributed by atoms with Gasteiger partial charge >= 0.3 is 6.18 Å². The van der Waals surface area contributed by atoms with Crippen LogP contribution in [-0.2, 0) is 6.18 Å². The van der Waals surface area contributed by atoms with E-state index in [0.717, 1.165) is 6.07 Å². The van der Waals surface area contributed by atoms with Gasteiger partial charge in [-0.3, -0.25) is 0 Å². The fourth-order valence-corrected chi connectivity index (χ4v) is 1.15. The highest BCUT2D eigenvalue weighted by atomic mass is 35.5. The molecule has 1 heterocycles. The van der Waals surface area contributed by atoms with E-state index in [0.29, 0.717) is 0 Å². The van der Waals surface area contributed by atoms with Crippen LogP contribution in [0.15, 0.2) is 12.3 Å². The van der Waals surface area contributed by atoms with Crippen LogP contribution in [0.2, 0.25) is 5.15 Å². The van der Waals surface area contributed by atoms with Gasteiger partial charge < -0.3 is 0 Å². The van der Waals surface area contributed by atoms with Gasteiger partial charge in [-0.05, 0) is 6.07 Å². The highest BCUT2D eigenvalue weighted by molar-refractivity contribution is 7.80. The normalized spacial score (nSPS) is 10.7. The molecule has 0 aliphatic rings. The molecule has 0 unspecified atom stereocenters. The van der Waals surface area contributed by atoms with Crippen molar-refractivity contribution in [3.8, 4) is 11.8 Å². The maximum atomic E-state index is 12.4. The van der Waals surface area contributed by atoms with Crippen molar-refractivity contribution in [3.63, 3.8) is 0 Å². The molecule has 0 aliphatic carbocycles. The molecule has 6 heteroatoms. The molecule has 0 spiro atoms. The number of hydrogen-bond donors (Lipinski definition) is 1. The number of aromatic nitrogens is 1. The van der Waals surface area contributed by atoms with Gasteiger partial charge in [0.05, 0.1) is 11.3 Å². The van der Waals surface area contributed by atoms with E-state index in [-0.39, 0.29) is 11.3 Å². The molecule has 0 N–H and O–H groups in total. The molecule has 80 valence electrons. The Morgan fingerprint density at radius 3 is 2.67 bits per heavy atom. The summed E-state index contributed by atoms with van der Waals surface area (Å²) in [5.41, 5.74) is -0.809. The van der Waals surface area contributed by atoms with Crippen LogP contribution >= 0.6 is 24.2 Å². The first-order valence-corrected chi connectivity index (χ1v) is 4.78. The maximum absolute atomic E-state index is 12.4. The lowest BCUT2D eigenvalue weighted by Crippen LogP contribution is -2.07. The van der Waals surface area contributed by atoms with Gasteiger partial charge in [0.1, 0.15) is 5.15 Å². The molecule has 1 nitrogen and oxygen atoms in total. The van der Waals surface area contributed by atoms with E-state index in [9.17, 15) is 13.2 Å². The van der Waals surface area contributed by atoms with Crippen molar-refractivity contribution in [1.29, 1.82) is 0 Å². The van der Waals surface area contributed by atoms with Gasteiger partial charge in [0.15, 0.2) is 0 Å². The van der Waals surface area contributed by atoms with Crippen LogP contribution in [-0.4, -0.2) is 10.7 Å². The largest absolute Gasteiger partial charge is 0.419 e. The molecule has 0 aliphatic heterocycles. The van der Waals surface area contributed by atoms with Crippen LogP contribution in [0.1, 0.15) is 11.1 Å². The predicted octanol–water partition coefficient (Wildman–Crippen LogP) is 3.04. The van der Waals surface area contributed by atoms with Gasteiger partial charge in [-0.25, -0.2) is 4.98 Å². The second-order valence-corrected chi connectivity index (χ2v) is 3.19. The monoisotopic (exact) mass is 251 g/mol. The Morgan fingerprint density at radius 1 is 1.47 bits per heavy atom. The summed E-state index contributed by atoms with van der Waals surface area (Å²) < 4.78 is 37.1. The van der Waals surface area contributed by atoms with Gasteiger partial charge in [-0.1, -0.05) is 23.4 Å². The Morgan fingerprint density at radius 2 is 2.13 bits per heavy atom. The smallest absolute Gasteiger partial charge is 0.243 e. The molecule has 0 saturated carbocycles. The van der Waals surface area contributed by atoms with Crippen molar-refractivity contribution >= 4 is 24.2 Å². The standard InChI is InChI=1S/C9H5ClF3NS/c10-8-7(9(11,12)13)4-6(5-14-8)2-1-3-15/h4-5,15H,3H2. The zero-order valence-corrected chi connectivity index (χ0v) is 8.92. The molecule has 0 aromatic carbocycles. The minimum atomic E-state index is -4.51. The third-order valence-electron chi connectivity index (χ3n) is 1.46. The van der Waals surface area contributed by atoms with Crippen molar-refractivity contribution in [2.75, 3.05) is 5.75 Å². The molecule has 1 aromatic heterocycles. The van der Waals surface area contributed by atoms with Gasteiger partial charge in [0, 0.05) is 11.8 Å². The Hall–Kier alpha value is -0.860. The minimum absolute atomic E-state index is 0.167. The van der Waals surface area contributed by atoms with E-state index in [1.807, 2.05) is 0 Å². The number of thiol groups is 1. The molecule has 15 heavy (non-hydrogen) atoms. The first-order valence-electron chi connectivity index (χ1n) is 3.77. The Bertz CT molecular complexity index is 420. The van der Waals surface area contributed by atoms with Crippen molar-refractivity contribution in [1.82, 2.24) is 4.98 Å². The van der Waals surface area contributed by atoms with Crippen LogP contribution in [0.5, 0.6) is 0 Å². The minimum Gasteiger partial charge on any atom is -0.243 e. The zero-order chi connectivity index (χ0) is 11.5. The SMILES string of the molecule is FC(F)(F)c1cc(C#CCS)cnc1Cl. The van der Waals surface area contributed by atoms with E-state index in [2.05, 4.69) is 29.5 Å². The van der Waals surface area contributed by atoms with Crippen LogP contribution < -0.4 is 0 Å². The third kappa shape index (κ3) is 3.33. The topological polar surface area (TPSA) is 12.9 Å². The first kappa shape index (κ1) is 12.2. The summed E-state index contributed by atoms with van der Waals surface area (Å²) in [5, 5.41) is -0.570. The third-order valence-corrected chi connectivity index (χ3v) is 1.92. The van der Waals surface area contributed by atoms with Crippen LogP contribution in [0, 0.1) is 11.8 Å². The van der Waals surface area contributed by atoms with Crippen LogP contribution in [0.3, 0.4) is 0 Å². The van der Waals surface area contributed by atoms with Crippen molar-refractivity contribution < 1.29 is 13.2 Å². The number of hydrogen-bond acceptors (Lipinski definition) is 2. The van der Waals surface area contributed by atoms with E-state index in [1.54, 1.807) is 0 Å². The Balaban J connectivity index is 3.17. The van der Waals surface area contributed by atoms with Gasteiger partial charge in [-0.15, -0.1) is 0 Å². The quantitative estimate of drug-likeness (QED) is 0.425. The second-order valence-electron chi connectivity index (χ2n) is 2.52. The van der Waals surface area contributed by atoms with Crippen molar-refractivity contribution in [2.45, 2.75) is 6.18 Å². The molecular weight excluding hydrogens is 247 g/mol. The van der Waals surface area contributed by atoms with Gasteiger partial charge in [0.25, 0.3) is 0 Å². The Labute approximate surface area is 95.1 Å². The lowest BCUT2D eigenvalue weighted by atomic mass is 10.2. The predicted molar refractivity (Wildman–Crippen MR) is 55.0 cm³/mol. The van der Waals surface area contributed by atoms with Gasteiger partial charge in [0.2, 0.25) is 0 Å². The lowest BCUT2D eigenvalue weighted by molar-refractivity contribution is -0.137. The van der Waals surface area contributed by atoms with Gasteiger partial charge in [-0.2, -0.15) is 25.8 Å². The molecule has 0 amide bonds. The molecule has 0 bridgehead atoms. The fraction of sp³-hybridized carbons (Fsp3) is 0.222. The average molecular weight is 252 g/mol. The number of rotatable bonds is 0. The Kier molecular flexibility index (Phi) is 3.89. The molecule has 0 fully saturated rings. The van der Waals surface area contributed by atoms with Crippen molar-refractivity contribution in [2.24, 2.45) is 0 Å². The molecule has 0 radical (unpaired) electrons. The summed E-state index contributed by atoms with van der Waals surface area (Å²) in [7, 11) is 0. The number of alkyl halides is 3. The average Bonchev–Trinajstić information content (AvgIpc) is 2.15. The molecule has 0 saturated heterocycles. The zero-order valence-electron chi connectivity index (χ0n) is 7.27. The fourth-order valence-electron chi connectivity index (χ4n) is 0.857. The highest BCUT2D eigenvalue weighted by Gasteiger charge is 2.34. The second kappa shape index (κ2) is 4.77. The number of halogens is 4. The van der Waals surface area contributed by atoms with E-state index in [4.69, 9.17) is 11.6 Å². The summed E-state index contributed by atoms with van der Waals surface area (Å²) in [6.07, 6.45) is -3.32. The van der Waals surface area contributed by atoms with E-state index < -0.39 is 16.9 Å². The highest BCUT2D eigenvalue weighted by Crippen LogP contribution is 2.33. The van der Waals surface area contributed by atoms with E-state index >= 15 is 0 Å². The molecule has 0 atom stereocenters. The molecular formula is C9H5ClF3NS. The van der Waals surface area contributed by atoms with Crippen LogP contribution in [0.4, 0.5) is 13.2 Å². The summed E-state index contributed by atoms with van der Waals surface area (Å²) in [5.74, 6) is 5.28. The summed E-state index contributed by atoms with van der Waals surface area (Å²) in [6.45, 7) is 0. The van der Waals surface area contributed by atoms with E-state index in [1.165, 1.54) is 6.20 Å². The summed E-state index contributed by atoms with van der Waals surface area (Å²) in [4.78, 5) is 3.42. The van der Waals surface area contributed by atoms with Crippen LogP contribution in [0.25, 0.3) is 0 Å². The first-order chi connectivity index (χ1) is 6.95. The number of pyridine rings is 1. The molecule has 1 aromatic rings. The van der Waals surface area contributed by atoms with Crippen molar-refractivity contribution in [3.05, 3.63) is 28.5 Å².